The van der Waals surface area contributed by atoms with Gasteiger partial charge in [-0.3, -0.25) is 4.79 Å². The van der Waals surface area contributed by atoms with E-state index in [2.05, 4.69) is 19.1 Å². The number of aryl methyl sites for hydroxylation is 1. The van der Waals surface area contributed by atoms with Crippen LogP contribution in [0.2, 0.25) is 0 Å². The Balaban J connectivity index is 1.82. The van der Waals surface area contributed by atoms with E-state index in [9.17, 15) is 9.18 Å². The minimum Gasteiger partial charge on any atom is -0.293 e. The number of thiophene rings is 1. The normalized spacial score (nSPS) is 11.0. The van der Waals surface area contributed by atoms with Crippen molar-refractivity contribution in [2.75, 3.05) is 0 Å². The van der Waals surface area contributed by atoms with E-state index in [-0.39, 0.29) is 11.6 Å². The predicted octanol–water partition coefficient (Wildman–Crippen LogP) is 5.03. The van der Waals surface area contributed by atoms with Gasteiger partial charge in [0.05, 0.1) is 4.88 Å². The van der Waals surface area contributed by atoms with Gasteiger partial charge in [-0.25, -0.2) is 4.39 Å². The molecule has 0 N–H and O–H groups in total. The summed E-state index contributed by atoms with van der Waals surface area (Å²) in [6.07, 6.45) is 1.38. The lowest BCUT2D eigenvalue weighted by molar-refractivity contribution is 0.0997. The largest absolute Gasteiger partial charge is 0.293 e. The van der Waals surface area contributed by atoms with Gasteiger partial charge >= 0.3 is 0 Å². The van der Waals surface area contributed by atoms with Crippen LogP contribution in [0.25, 0.3) is 10.1 Å². The third kappa shape index (κ3) is 3.03. The smallest absolute Gasteiger partial charge is 0.177 e. The van der Waals surface area contributed by atoms with Crippen LogP contribution in [0.5, 0.6) is 0 Å². The lowest BCUT2D eigenvalue weighted by Gasteiger charge is -2.01. The van der Waals surface area contributed by atoms with Crippen LogP contribution in [-0.4, -0.2) is 5.78 Å². The Morgan fingerprint density at radius 1 is 1.05 bits per heavy atom. The van der Waals surface area contributed by atoms with E-state index in [0.29, 0.717) is 11.3 Å². The van der Waals surface area contributed by atoms with E-state index in [1.807, 2.05) is 18.2 Å². The molecule has 1 nitrogen and oxygen atoms in total. The molecule has 1 aromatic heterocycles. The number of carbonyl (C=O) groups is 1. The minimum absolute atomic E-state index is 0.0841. The number of fused-ring (bicyclic) bond motifs is 1. The summed E-state index contributed by atoms with van der Waals surface area (Å²) in [6.45, 7) is 2.11. The Kier molecular flexibility index (Phi) is 3.84. The zero-order valence-corrected chi connectivity index (χ0v) is 12.5. The number of carbonyl (C=O) groups excluding carboxylic acids is 1. The van der Waals surface area contributed by atoms with Crippen LogP contribution in [0.15, 0.2) is 48.5 Å². The maximum Gasteiger partial charge on any atom is 0.177 e. The topological polar surface area (TPSA) is 17.1 Å². The highest BCUT2D eigenvalue weighted by Gasteiger charge is 2.11. The molecule has 0 aliphatic heterocycles. The Bertz CT molecular complexity index is 787. The molecule has 0 aliphatic carbocycles. The molecule has 0 atom stereocenters. The second-order valence-electron chi connectivity index (χ2n) is 5.06. The zero-order chi connectivity index (χ0) is 14.8. The summed E-state index contributed by atoms with van der Waals surface area (Å²) in [5.74, 6) is -0.181. The first-order chi connectivity index (χ1) is 10.2. The van der Waals surface area contributed by atoms with E-state index in [1.54, 1.807) is 6.07 Å². The van der Waals surface area contributed by atoms with Crippen LogP contribution in [-0.2, 0) is 12.8 Å². The van der Waals surface area contributed by atoms with Gasteiger partial charge in [0.25, 0.3) is 0 Å². The molecule has 0 unspecified atom stereocenters. The number of Topliss-reactive ketones (excluding diaryl/α,β-unsaturated/α-hetero) is 1. The quantitative estimate of drug-likeness (QED) is 0.617. The SMILES string of the molecule is CCc1ccc(CC(=O)c2cc3ccc(F)cc3s2)cc1. The van der Waals surface area contributed by atoms with Gasteiger partial charge < -0.3 is 0 Å². The monoisotopic (exact) mass is 298 g/mol. The molecule has 0 amide bonds. The molecule has 0 fully saturated rings. The number of halogens is 1. The van der Waals surface area contributed by atoms with Gasteiger partial charge in [0, 0.05) is 11.1 Å². The standard InChI is InChI=1S/C18H15FOS/c1-2-12-3-5-13(6-4-12)9-16(20)18-10-14-7-8-15(19)11-17(14)21-18/h3-8,10-11H,2,9H2,1H3. The molecule has 0 bridgehead atoms. The first kappa shape index (κ1) is 14.0. The molecule has 0 spiro atoms. The predicted molar refractivity (Wildman–Crippen MR) is 85.6 cm³/mol. The molecule has 3 heteroatoms. The van der Waals surface area contributed by atoms with Crippen molar-refractivity contribution in [1.82, 2.24) is 0 Å². The number of ketones is 1. The van der Waals surface area contributed by atoms with Gasteiger partial charge in [0.15, 0.2) is 5.78 Å². The second-order valence-corrected chi connectivity index (χ2v) is 6.15. The van der Waals surface area contributed by atoms with Gasteiger partial charge in [-0.1, -0.05) is 37.3 Å². The van der Waals surface area contributed by atoms with Crippen LogP contribution in [0.3, 0.4) is 0 Å². The summed E-state index contributed by atoms with van der Waals surface area (Å²) in [6, 6.07) is 14.6. The fourth-order valence-electron chi connectivity index (χ4n) is 2.31. The maximum absolute atomic E-state index is 13.2. The van der Waals surface area contributed by atoms with Gasteiger partial charge in [-0.2, -0.15) is 0 Å². The van der Waals surface area contributed by atoms with Crippen molar-refractivity contribution in [2.24, 2.45) is 0 Å². The Morgan fingerprint density at radius 3 is 2.48 bits per heavy atom. The molecule has 2 aromatic carbocycles. The summed E-state index contributed by atoms with van der Waals surface area (Å²) in [5, 5.41) is 0.922. The van der Waals surface area contributed by atoms with Crippen LogP contribution < -0.4 is 0 Å². The molecule has 3 aromatic rings. The van der Waals surface area contributed by atoms with Crippen LogP contribution in [0.1, 0.15) is 27.7 Å². The van der Waals surface area contributed by atoms with E-state index in [1.165, 1.54) is 29.0 Å². The van der Waals surface area contributed by atoms with Crippen molar-refractivity contribution in [3.8, 4) is 0 Å². The summed E-state index contributed by atoms with van der Waals surface area (Å²) in [4.78, 5) is 13.0. The fraction of sp³-hybridized carbons (Fsp3) is 0.167. The highest BCUT2D eigenvalue weighted by Crippen LogP contribution is 2.27. The maximum atomic E-state index is 13.2. The third-order valence-corrected chi connectivity index (χ3v) is 4.69. The zero-order valence-electron chi connectivity index (χ0n) is 11.7. The number of hydrogen-bond acceptors (Lipinski definition) is 2. The Morgan fingerprint density at radius 2 is 1.76 bits per heavy atom. The van der Waals surface area contributed by atoms with Crippen LogP contribution in [0, 0.1) is 5.82 Å². The lowest BCUT2D eigenvalue weighted by Crippen LogP contribution is -2.01. The van der Waals surface area contributed by atoms with Crippen molar-refractivity contribution in [3.63, 3.8) is 0 Å². The first-order valence-corrected chi connectivity index (χ1v) is 7.77. The highest BCUT2D eigenvalue weighted by molar-refractivity contribution is 7.20. The van der Waals surface area contributed by atoms with Crippen molar-refractivity contribution < 1.29 is 9.18 Å². The average Bonchev–Trinajstić information content (AvgIpc) is 2.91. The molecule has 0 saturated carbocycles. The van der Waals surface area contributed by atoms with Gasteiger partial charge in [-0.15, -0.1) is 11.3 Å². The molecule has 106 valence electrons. The molecular formula is C18H15FOS. The summed E-state index contributed by atoms with van der Waals surface area (Å²) in [5.41, 5.74) is 2.28. The van der Waals surface area contributed by atoms with Gasteiger partial charge in [0.1, 0.15) is 5.82 Å². The first-order valence-electron chi connectivity index (χ1n) is 6.96. The van der Waals surface area contributed by atoms with Crippen molar-refractivity contribution >= 4 is 27.2 Å². The Labute approximate surface area is 127 Å². The van der Waals surface area contributed by atoms with E-state index < -0.39 is 0 Å². The average molecular weight is 298 g/mol. The summed E-state index contributed by atoms with van der Waals surface area (Å²) in [7, 11) is 0. The highest BCUT2D eigenvalue weighted by atomic mass is 32.1. The van der Waals surface area contributed by atoms with Crippen LogP contribution in [0.4, 0.5) is 4.39 Å². The summed E-state index contributed by atoms with van der Waals surface area (Å²) < 4.78 is 14.0. The molecule has 1 heterocycles. The summed E-state index contributed by atoms with van der Waals surface area (Å²) >= 11 is 1.36. The fourth-order valence-corrected chi connectivity index (χ4v) is 3.33. The molecule has 0 aliphatic rings. The molecule has 0 saturated heterocycles. The second kappa shape index (κ2) is 5.78. The van der Waals surface area contributed by atoms with E-state index >= 15 is 0 Å². The molecule has 0 radical (unpaired) electrons. The third-order valence-electron chi connectivity index (χ3n) is 3.55. The molecule has 3 rings (SSSR count). The number of rotatable bonds is 4. The van der Waals surface area contributed by atoms with Crippen molar-refractivity contribution in [1.29, 1.82) is 0 Å². The molecule has 21 heavy (non-hydrogen) atoms. The van der Waals surface area contributed by atoms with E-state index in [4.69, 9.17) is 0 Å². The van der Waals surface area contributed by atoms with Gasteiger partial charge in [0.2, 0.25) is 0 Å². The Hall–Kier alpha value is -2.00. The van der Waals surface area contributed by atoms with Crippen LogP contribution >= 0.6 is 11.3 Å². The minimum atomic E-state index is -0.265. The van der Waals surface area contributed by atoms with Gasteiger partial charge in [-0.05, 0) is 41.1 Å². The van der Waals surface area contributed by atoms with E-state index in [0.717, 1.165) is 22.1 Å². The number of hydrogen-bond donors (Lipinski definition) is 0. The van der Waals surface area contributed by atoms with Crippen molar-refractivity contribution in [2.45, 2.75) is 19.8 Å². The van der Waals surface area contributed by atoms with Crippen molar-refractivity contribution in [3.05, 3.63) is 70.4 Å². The lowest BCUT2D eigenvalue weighted by atomic mass is 10.0. The number of benzene rings is 2. The molecular weight excluding hydrogens is 283 g/mol.